The zero-order valence-corrected chi connectivity index (χ0v) is 28.9. The number of thiazole rings is 2. The van der Waals surface area contributed by atoms with E-state index in [1.54, 1.807) is 18.3 Å². The molecule has 1 aliphatic heterocycles. The van der Waals surface area contributed by atoms with Crippen molar-refractivity contribution in [2.24, 2.45) is 4.99 Å². The van der Waals surface area contributed by atoms with Crippen LogP contribution in [0.1, 0.15) is 52.7 Å². The van der Waals surface area contributed by atoms with E-state index in [9.17, 15) is 9.90 Å². The van der Waals surface area contributed by atoms with Crippen LogP contribution in [-0.2, 0) is 29.0 Å². The molecular formula is C31H42N6O4S2Si. The van der Waals surface area contributed by atoms with Crippen molar-refractivity contribution in [3.8, 4) is 0 Å². The monoisotopic (exact) mass is 654 g/mol. The van der Waals surface area contributed by atoms with Crippen LogP contribution < -0.4 is 9.70 Å². The first-order valence-electron chi connectivity index (χ1n) is 15.3. The number of benzene rings is 1. The van der Waals surface area contributed by atoms with Gasteiger partial charge in [0.05, 0.1) is 16.8 Å². The Balaban J connectivity index is 1.51. The smallest absolute Gasteiger partial charge is 0.358 e. The summed E-state index contributed by atoms with van der Waals surface area (Å²) in [4.78, 5) is 26.2. The van der Waals surface area contributed by atoms with Crippen molar-refractivity contribution < 1.29 is 19.4 Å². The van der Waals surface area contributed by atoms with Crippen molar-refractivity contribution >= 4 is 63.7 Å². The van der Waals surface area contributed by atoms with Crippen molar-refractivity contribution in [3.05, 3.63) is 50.8 Å². The molecule has 236 valence electrons. The molecule has 0 atom stereocenters. The van der Waals surface area contributed by atoms with Gasteiger partial charge in [0.25, 0.3) is 0 Å². The summed E-state index contributed by atoms with van der Waals surface area (Å²) in [6.07, 6.45) is 3.91. The lowest BCUT2D eigenvalue weighted by Gasteiger charge is -2.21. The summed E-state index contributed by atoms with van der Waals surface area (Å²) in [7, 11) is -1.20. The largest absolute Gasteiger partial charge is 0.461 e. The van der Waals surface area contributed by atoms with E-state index in [-0.39, 0.29) is 13.2 Å². The quantitative estimate of drug-likeness (QED) is 0.106. The molecule has 1 aliphatic rings. The lowest BCUT2D eigenvalue weighted by molar-refractivity contribution is 0.0519. The zero-order valence-electron chi connectivity index (χ0n) is 26.3. The molecule has 1 aromatic carbocycles. The highest BCUT2D eigenvalue weighted by molar-refractivity contribution is 7.16. The third-order valence-corrected chi connectivity index (χ3v) is 11.5. The van der Waals surface area contributed by atoms with Gasteiger partial charge in [-0.25, -0.2) is 9.78 Å². The molecule has 0 amide bonds. The Labute approximate surface area is 267 Å². The molecule has 0 aliphatic carbocycles. The van der Waals surface area contributed by atoms with Crippen LogP contribution in [0.3, 0.4) is 0 Å². The number of ether oxygens (including phenoxy) is 2. The highest BCUT2D eigenvalue weighted by Gasteiger charge is 2.28. The SMILES string of the molecule is CCOC(=O)c1nc(N2CCCCc3c2nnc(/N=c2\sc4ccccc4n2COCC[Si](C)(C)C)c3C)sc1CCCO. The van der Waals surface area contributed by atoms with Gasteiger partial charge in [-0.05, 0) is 64.1 Å². The summed E-state index contributed by atoms with van der Waals surface area (Å²) >= 11 is 3.08. The Kier molecular flexibility index (Phi) is 10.6. The highest BCUT2D eigenvalue weighted by Crippen LogP contribution is 2.38. The fourth-order valence-corrected chi connectivity index (χ4v) is 7.99. The normalized spacial score (nSPS) is 14.2. The number of hydrogen-bond donors (Lipinski definition) is 1. The molecule has 44 heavy (non-hydrogen) atoms. The highest BCUT2D eigenvalue weighted by atomic mass is 32.1. The van der Waals surface area contributed by atoms with Gasteiger partial charge >= 0.3 is 5.97 Å². The molecule has 4 heterocycles. The number of hydrogen-bond acceptors (Lipinski definition) is 11. The fourth-order valence-electron chi connectivity index (χ4n) is 5.10. The summed E-state index contributed by atoms with van der Waals surface area (Å²) in [5, 5.41) is 19.5. The molecule has 3 aromatic heterocycles. The summed E-state index contributed by atoms with van der Waals surface area (Å²) in [6.45, 7) is 13.1. The fraction of sp³-hybridized carbons (Fsp3) is 0.516. The zero-order chi connectivity index (χ0) is 31.3. The van der Waals surface area contributed by atoms with Crippen molar-refractivity contribution in [2.45, 2.75) is 78.4 Å². The van der Waals surface area contributed by atoms with Gasteiger partial charge in [0.2, 0.25) is 0 Å². The van der Waals surface area contributed by atoms with Gasteiger partial charge in [0, 0.05) is 43.8 Å². The minimum Gasteiger partial charge on any atom is -0.461 e. The number of anilines is 2. The second-order valence-corrected chi connectivity index (χ2v) is 19.8. The number of aryl methyl sites for hydroxylation is 1. The van der Waals surface area contributed by atoms with Crippen LogP contribution in [-0.4, -0.2) is 65.3 Å². The van der Waals surface area contributed by atoms with Crippen LogP contribution >= 0.6 is 22.7 Å². The molecule has 0 fully saturated rings. The van der Waals surface area contributed by atoms with Gasteiger partial charge in [0.15, 0.2) is 27.3 Å². The van der Waals surface area contributed by atoms with Crippen LogP contribution in [0.5, 0.6) is 0 Å². The summed E-state index contributed by atoms with van der Waals surface area (Å²) < 4.78 is 14.7. The lowest BCUT2D eigenvalue weighted by Crippen LogP contribution is -2.23. The van der Waals surface area contributed by atoms with Gasteiger partial charge in [-0.15, -0.1) is 21.5 Å². The van der Waals surface area contributed by atoms with E-state index in [2.05, 4.69) is 53.3 Å². The Bertz CT molecular complexity index is 1680. The first-order chi connectivity index (χ1) is 21.2. The number of nitrogens with zero attached hydrogens (tertiary/aromatic N) is 6. The molecule has 13 heteroatoms. The lowest BCUT2D eigenvalue weighted by atomic mass is 10.1. The third kappa shape index (κ3) is 7.45. The Morgan fingerprint density at radius 3 is 2.75 bits per heavy atom. The second-order valence-electron chi connectivity index (χ2n) is 12.1. The van der Waals surface area contributed by atoms with Gasteiger partial charge in [-0.2, -0.15) is 4.99 Å². The number of carbonyl (C=O) groups is 1. The predicted molar refractivity (Wildman–Crippen MR) is 179 cm³/mol. The molecular weight excluding hydrogens is 613 g/mol. The average Bonchev–Trinajstić information content (AvgIpc) is 3.49. The van der Waals surface area contributed by atoms with Crippen molar-refractivity contribution in [1.29, 1.82) is 0 Å². The summed E-state index contributed by atoms with van der Waals surface area (Å²) in [6, 6.07) is 9.41. The molecule has 1 N–H and O–H groups in total. The van der Waals surface area contributed by atoms with E-state index in [1.165, 1.54) is 11.3 Å². The topological polar surface area (TPSA) is 115 Å². The molecule has 0 saturated heterocycles. The molecule has 0 bridgehead atoms. The van der Waals surface area contributed by atoms with Crippen LogP contribution in [0.25, 0.3) is 10.2 Å². The molecule has 0 spiro atoms. The first-order valence-corrected chi connectivity index (χ1v) is 20.7. The van der Waals surface area contributed by atoms with Crippen LogP contribution in [0, 0.1) is 6.92 Å². The van der Waals surface area contributed by atoms with Crippen LogP contribution in [0.15, 0.2) is 29.3 Å². The molecule has 4 aromatic rings. The first kappa shape index (κ1) is 32.4. The van der Waals surface area contributed by atoms with E-state index in [0.29, 0.717) is 36.2 Å². The van der Waals surface area contributed by atoms with E-state index in [4.69, 9.17) is 24.5 Å². The van der Waals surface area contributed by atoms with Crippen LogP contribution in [0.4, 0.5) is 16.8 Å². The standard InChI is InChI=1S/C31H42N6O4S2Si/c1-6-41-29(39)26-25(15-11-17-38)43-30(32-26)36-16-10-9-12-22-21(2)27(34-35-28(22)36)33-31-37(20-40-18-19-44(3,4)5)23-13-7-8-14-24(23)42-31/h7-8,13-14,38H,6,9-12,15-20H2,1-5H3/b33-31-. The number of rotatable bonds is 12. The summed E-state index contributed by atoms with van der Waals surface area (Å²) in [5.41, 5.74) is 3.51. The maximum absolute atomic E-state index is 12.7. The van der Waals surface area contributed by atoms with Gasteiger partial charge in [-0.1, -0.05) is 43.1 Å². The van der Waals surface area contributed by atoms with Gasteiger partial charge in [0.1, 0.15) is 6.73 Å². The number of fused-ring (bicyclic) bond motifs is 2. The number of aliphatic hydroxyl groups excluding tert-OH is 1. The maximum atomic E-state index is 12.7. The van der Waals surface area contributed by atoms with E-state index >= 15 is 0 Å². The molecule has 5 rings (SSSR count). The van der Waals surface area contributed by atoms with Crippen molar-refractivity contribution in [3.63, 3.8) is 0 Å². The second kappa shape index (κ2) is 14.4. The number of aliphatic hydroxyl groups is 1. The minimum absolute atomic E-state index is 0.0450. The van der Waals surface area contributed by atoms with E-state index < -0.39 is 14.0 Å². The van der Waals surface area contributed by atoms with Gasteiger partial charge in [-0.3, -0.25) is 4.57 Å². The van der Waals surface area contributed by atoms with Crippen molar-refractivity contribution in [2.75, 3.05) is 31.3 Å². The molecule has 0 saturated carbocycles. The van der Waals surface area contributed by atoms with Crippen molar-refractivity contribution in [1.82, 2.24) is 19.7 Å². The Morgan fingerprint density at radius 2 is 1.98 bits per heavy atom. The Hall–Kier alpha value is -2.97. The van der Waals surface area contributed by atoms with Crippen LogP contribution in [0.2, 0.25) is 25.7 Å². The van der Waals surface area contributed by atoms with Gasteiger partial charge < -0.3 is 19.5 Å². The molecule has 0 unspecified atom stereocenters. The summed E-state index contributed by atoms with van der Waals surface area (Å²) in [5.74, 6) is 0.925. The number of esters is 1. The molecule has 0 radical (unpaired) electrons. The maximum Gasteiger partial charge on any atom is 0.358 e. The average molecular weight is 655 g/mol. The number of carbonyl (C=O) groups excluding carboxylic acids is 1. The van der Waals surface area contributed by atoms with E-state index in [1.807, 2.05) is 12.1 Å². The molecule has 10 nitrogen and oxygen atoms in total. The van der Waals surface area contributed by atoms with E-state index in [0.717, 1.165) is 75.3 Å². The predicted octanol–water partition coefficient (Wildman–Crippen LogP) is 6.38. The minimum atomic E-state index is -1.20. The third-order valence-electron chi connectivity index (χ3n) is 7.57. The number of para-hydroxylation sites is 1. The number of aromatic nitrogens is 4. The Morgan fingerprint density at radius 1 is 1.16 bits per heavy atom.